The van der Waals surface area contributed by atoms with Crippen LogP contribution in [0.4, 0.5) is 5.00 Å². The molecule has 1 atom stereocenters. The minimum Gasteiger partial charge on any atom is -0.465 e. The van der Waals surface area contributed by atoms with Gasteiger partial charge in [-0.1, -0.05) is 38.5 Å². The Labute approximate surface area is 164 Å². The Balaban J connectivity index is 1.94. The number of thiophene rings is 1. The average molecular weight is 386 g/mol. The molecular formula is C22H27NO3S. The van der Waals surface area contributed by atoms with Crippen LogP contribution in [-0.2, 0) is 17.6 Å². The number of anilines is 1. The number of ether oxygens (including phenoxy) is 1. The smallest absolute Gasteiger partial charge is 0.341 e. The second-order valence-electron chi connectivity index (χ2n) is 8.33. The normalized spacial score (nSPS) is 16.6. The van der Waals surface area contributed by atoms with E-state index in [1.165, 1.54) is 23.3 Å². The van der Waals surface area contributed by atoms with Gasteiger partial charge in [0.1, 0.15) is 5.00 Å². The Bertz CT molecular complexity index is 876. The van der Waals surface area contributed by atoms with Gasteiger partial charge in [-0.05, 0) is 55.2 Å². The molecule has 0 saturated heterocycles. The van der Waals surface area contributed by atoms with Crippen molar-refractivity contribution >= 4 is 28.2 Å². The van der Waals surface area contributed by atoms with Gasteiger partial charge in [0.05, 0.1) is 12.7 Å². The molecule has 0 saturated carbocycles. The molecule has 1 aliphatic rings. The summed E-state index contributed by atoms with van der Waals surface area (Å²) in [4.78, 5) is 26.4. The summed E-state index contributed by atoms with van der Waals surface area (Å²) in [5, 5.41) is 3.56. The molecule has 5 heteroatoms. The van der Waals surface area contributed by atoms with Gasteiger partial charge in [0.25, 0.3) is 5.91 Å². The molecule has 27 heavy (non-hydrogen) atoms. The maximum absolute atomic E-state index is 12.7. The van der Waals surface area contributed by atoms with E-state index >= 15 is 0 Å². The second kappa shape index (κ2) is 7.47. The third kappa shape index (κ3) is 4.08. The topological polar surface area (TPSA) is 55.4 Å². The molecule has 1 aromatic heterocycles. The van der Waals surface area contributed by atoms with Gasteiger partial charge in [-0.3, -0.25) is 4.79 Å². The average Bonchev–Trinajstić information content (AvgIpc) is 2.97. The molecule has 1 aliphatic carbocycles. The summed E-state index contributed by atoms with van der Waals surface area (Å²) in [6.45, 7) is 8.74. The SMILES string of the molecule is COC(=O)c1c(NC(=O)c2cccc(C)c2)sc2c1CC[C@H](C(C)(C)C)C2. The van der Waals surface area contributed by atoms with Crippen molar-refractivity contribution in [2.24, 2.45) is 11.3 Å². The lowest BCUT2D eigenvalue weighted by Crippen LogP contribution is -2.26. The van der Waals surface area contributed by atoms with E-state index in [4.69, 9.17) is 4.74 Å². The summed E-state index contributed by atoms with van der Waals surface area (Å²) < 4.78 is 5.02. The fourth-order valence-corrected chi connectivity index (χ4v) is 5.00. The van der Waals surface area contributed by atoms with E-state index in [1.54, 1.807) is 6.07 Å². The second-order valence-corrected chi connectivity index (χ2v) is 9.43. The van der Waals surface area contributed by atoms with Crippen LogP contribution in [0, 0.1) is 18.3 Å². The van der Waals surface area contributed by atoms with Crippen LogP contribution < -0.4 is 5.32 Å². The summed E-state index contributed by atoms with van der Waals surface area (Å²) in [5.41, 5.74) is 3.41. The van der Waals surface area contributed by atoms with E-state index in [9.17, 15) is 9.59 Å². The number of aryl methyl sites for hydroxylation is 1. The van der Waals surface area contributed by atoms with Crippen LogP contribution in [0.25, 0.3) is 0 Å². The van der Waals surface area contributed by atoms with Crippen molar-refractivity contribution in [3.8, 4) is 0 Å². The van der Waals surface area contributed by atoms with E-state index in [0.29, 0.717) is 22.0 Å². The summed E-state index contributed by atoms with van der Waals surface area (Å²) in [5.74, 6) is -0.00876. The zero-order chi connectivity index (χ0) is 19.8. The van der Waals surface area contributed by atoms with Gasteiger partial charge in [0.15, 0.2) is 0 Å². The van der Waals surface area contributed by atoms with Crippen LogP contribution in [0.2, 0.25) is 0 Å². The Morgan fingerprint density at radius 2 is 2.00 bits per heavy atom. The lowest BCUT2D eigenvalue weighted by molar-refractivity contribution is 0.0600. The Morgan fingerprint density at radius 1 is 1.26 bits per heavy atom. The summed E-state index contributed by atoms with van der Waals surface area (Å²) in [6.07, 6.45) is 2.83. The zero-order valence-electron chi connectivity index (χ0n) is 16.6. The van der Waals surface area contributed by atoms with Gasteiger partial charge in [-0.15, -0.1) is 11.3 Å². The quantitative estimate of drug-likeness (QED) is 0.735. The molecule has 0 bridgehead atoms. The standard InChI is InChI=1S/C22H27NO3S/c1-13-7-6-8-14(11-13)19(24)23-20-18(21(25)26-5)16-10-9-15(22(2,3)4)12-17(16)27-20/h6-8,11,15H,9-10,12H2,1-5H3,(H,23,24)/t15-/m0/s1. The summed E-state index contributed by atoms with van der Waals surface area (Å²) >= 11 is 1.52. The number of carbonyl (C=O) groups is 2. The molecule has 144 valence electrons. The van der Waals surface area contributed by atoms with Crippen molar-refractivity contribution in [3.05, 3.63) is 51.4 Å². The highest BCUT2D eigenvalue weighted by atomic mass is 32.1. The van der Waals surface area contributed by atoms with Crippen LogP contribution in [0.1, 0.15) is 63.9 Å². The first kappa shape index (κ1) is 19.6. The number of nitrogens with one attached hydrogen (secondary N) is 1. The van der Waals surface area contributed by atoms with E-state index in [-0.39, 0.29) is 17.3 Å². The maximum atomic E-state index is 12.7. The first-order chi connectivity index (χ1) is 12.7. The van der Waals surface area contributed by atoms with Crippen LogP contribution in [0.5, 0.6) is 0 Å². The van der Waals surface area contributed by atoms with E-state index in [2.05, 4.69) is 26.1 Å². The predicted octanol–water partition coefficient (Wildman–Crippen LogP) is 5.25. The molecule has 0 fully saturated rings. The molecule has 4 nitrogen and oxygen atoms in total. The number of carbonyl (C=O) groups excluding carboxylic acids is 2. The molecule has 1 aromatic carbocycles. The number of hydrogen-bond acceptors (Lipinski definition) is 4. The number of hydrogen-bond donors (Lipinski definition) is 1. The highest BCUT2D eigenvalue weighted by molar-refractivity contribution is 7.17. The third-order valence-electron chi connectivity index (χ3n) is 5.39. The van der Waals surface area contributed by atoms with Crippen LogP contribution >= 0.6 is 11.3 Å². The Hall–Kier alpha value is -2.14. The van der Waals surface area contributed by atoms with Crippen molar-refractivity contribution in [3.63, 3.8) is 0 Å². The maximum Gasteiger partial charge on any atom is 0.341 e. The van der Waals surface area contributed by atoms with E-state index in [1.807, 2.05) is 25.1 Å². The highest BCUT2D eigenvalue weighted by Crippen LogP contribution is 2.44. The van der Waals surface area contributed by atoms with Crippen LogP contribution in [0.15, 0.2) is 24.3 Å². The molecule has 1 amide bonds. The molecule has 1 heterocycles. The lowest BCUT2D eigenvalue weighted by atomic mass is 9.72. The van der Waals surface area contributed by atoms with E-state index < -0.39 is 0 Å². The lowest BCUT2D eigenvalue weighted by Gasteiger charge is -2.33. The van der Waals surface area contributed by atoms with Gasteiger partial charge in [0.2, 0.25) is 0 Å². The third-order valence-corrected chi connectivity index (χ3v) is 6.56. The molecule has 0 spiro atoms. The van der Waals surface area contributed by atoms with Crippen molar-refractivity contribution in [2.75, 3.05) is 12.4 Å². The number of methoxy groups -OCH3 is 1. The monoisotopic (exact) mass is 385 g/mol. The van der Waals surface area contributed by atoms with Crippen molar-refractivity contribution in [1.29, 1.82) is 0 Å². The van der Waals surface area contributed by atoms with Crippen LogP contribution in [-0.4, -0.2) is 19.0 Å². The molecule has 1 N–H and O–H groups in total. The van der Waals surface area contributed by atoms with Crippen molar-refractivity contribution < 1.29 is 14.3 Å². The van der Waals surface area contributed by atoms with Crippen molar-refractivity contribution in [1.82, 2.24) is 0 Å². The number of benzene rings is 1. The summed E-state index contributed by atoms with van der Waals surface area (Å²) in [7, 11) is 1.39. The minimum absolute atomic E-state index is 0.199. The first-order valence-corrected chi connectivity index (χ1v) is 10.1. The van der Waals surface area contributed by atoms with Gasteiger partial charge in [-0.25, -0.2) is 4.79 Å². The van der Waals surface area contributed by atoms with Gasteiger partial charge in [0, 0.05) is 10.4 Å². The van der Waals surface area contributed by atoms with Crippen LogP contribution in [0.3, 0.4) is 0 Å². The molecular weight excluding hydrogens is 358 g/mol. The number of esters is 1. The molecule has 3 rings (SSSR count). The minimum atomic E-state index is -0.374. The molecule has 0 radical (unpaired) electrons. The zero-order valence-corrected chi connectivity index (χ0v) is 17.5. The number of fused-ring (bicyclic) bond motifs is 1. The van der Waals surface area contributed by atoms with Gasteiger partial charge < -0.3 is 10.1 Å². The Kier molecular flexibility index (Phi) is 5.43. The van der Waals surface area contributed by atoms with E-state index in [0.717, 1.165) is 30.4 Å². The summed E-state index contributed by atoms with van der Waals surface area (Å²) in [6, 6.07) is 7.44. The number of rotatable bonds is 3. The Morgan fingerprint density at radius 3 is 2.63 bits per heavy atom. The van der Waals surface area contributed by atoms with Gasteiger partial charge >= 0.3 is 5.97 Å². The molecule has 0 aliphatic heterocycles. The fraction of sp³-hybridized carbons (Fsp3) is 0.455. The van der Waals surface area contributed by atoms with Crippen molar-refractivity contribution in [2.45, 2.75) is 47.0 Å². The fourth-order valence-electron chi connectivity index (χ4n) is 3.69. The van der Waals surface area contributed by atoms with Gasteiger partial charge in [-0.2, -0.15) is 0 Å². The molecule has 2 aromatic rings. The predicted molar refractivity (Wildman–Crippen MR) is 110 cm³/mol. The number of amides is 1. The highest BCUT2D eigenvalue weighted by Gasteiger charge is 2.34. The molecule has 0 unspecified atom stereocenters. The first-order valence-electron chi connectivity index (χ1n) is 9.31. The largest absolute Gasteiger partial charge is 0.465 e.